The largest absolute Gasteiger partial charge is 0.355 e. The fourth-order valence-corrected chi connectivity index (χ4v) is 1.98. The Morgan fingerprint density at radius 2 is 2.06 bits per heavy atom. The molecular weight excluding hydrogens is 210 g/mol. The predicted octanol–water partition coefficient (Wildman–Crippen LogP) is 2.32. The van der Waals surface area contributed by atoms with Crippen molar-refractivity contribution in [2.24, 2.45) is 5.73 Å². The number of hydrogen-bond donors (Lipinski definition) is 1. The number of hydrogen-bond acceptors (Lipinski definition) is 3. The molecule has 1 heterocycles. The van der Waals surface area contributed by atoms with E-state index in [4.69, 9.17) is 5.73 Å². The van der Waals surface area contributed by atoms with Crippen LogP contribution in [0, 0.1) is 0 Å². The van der Waals surface area contributed by atoms with Crippen LogP contribution in [-0.4, -0.2) is 18.6 Å². The van der Waals surface area contributed by atoms with Crippen LogP contribution in [0.1, 0.15) is 5.56 Å². The predicted molar refractivity (Wildman–Crippen MR) is 73.1 cm³/mol. The minimum atomic E-state index is 0.513. The maximum absolute atomic E-state index is 5.73. The highest BCUT2D eigenvalue weighted by Crippen LogP contribution is 2.26. The monoisotopic (exact) mass is 227 g/mol. The van der Waals surface area contributed by atoms with Crippen LogP contribution in [0.2, 0.25) is 0 Å². The zero-order valence-electron chi connectivity index (χ0n) is 10.1. The Bertz CT molecular complexity index is 534. The van der Waals surface area contributed by atoms with E-state index in [1.165, 1.54) is 5.39 Å². The van der Waals surface area contributed by atoms with Crippen LogP contribution in [0.4, 0.5) is 5.82 Å². The van der Waals surface area contributed by atoms with Gasteiger partial charge in [0, 0.05) is 31.7 Å². The number of benzene rings is 1. The van der Waals surface area contributed by atoms with Crippen LogP contribution in [0.25, 0.3) is 10.8 Å². The lowest BCUT2D eigenvalue weighted by Gasteiger charge is -2.19. The number of aromatic nitrogens is 1. The van der Waals surface area contributed by atoms with Gasteiger partial charge in [0.1, 0.15) is 5.82 Å². The van der Waals surface area contributed by atoms with E-state index in [1.807, 2.05) is 31.5 Å². The molecule has 88 valence electrons. The quantitative estimate of drug-likeness (QED) is 0.815. The number of rotatable bonds is 4. The first-order chi connectivity index (χ1) is 8.27. The number of pyridine rings is 1. The van der Waals surface area contributed by atoms with Crippen LogP contribution in [0.5, 0.6) is 0 Å². The average molecular weight is 227 g/mol. The van der Waals surface area contributed by atoms with Gasteiger partial charge in [0.05, 0.1) is 0 Å². The second kappa shape index (κ2) is 4.97. The third kappa shape index (κ3) is 2.15. The minimum absolute atomic E-state index is 0.513. The lowest BCUT2D eigenvalue weighted by atomic mass is 10.1. The molecule has 2 rings (SSSR count). The minimum Gasteiger partial charge on any atom is -0.355 e. The van der Waals surface area contributed by atoms with Crippen LogP contribution < -0.4 is 10.6 Å². The second-order valence-corrected chi connectivity index (χ2v) is 4.03. The van der Waals surface area contributed by atoms with Crippen LogP contribution in [0.3, 0.4) is 0 Å². The summed E-state index contributed by atoms with van der Waals surface area (Å²) in [6.07, 6.45) is 3.73. The SMILES string of the molecule is C=CCN(C)c1ncc(CN)c2ccccc12. The van der Waals surface area contributed by atoms with Crippen molar-refractivity contribution in [3.63, 3.8) is 0 Å². The van der Waals surface area contributed by atoms with E-state index in [-0.39, 0.29) is 0 Å². The van der Waals surface area contributed by atoms with Crippen molar-refractivity contribution in [1.29, 1.82) is 0 Å². The van der Waals surface area contributed by atoms with Crippen LogP contribution >= 0.6 is 0 Å². The Morgan fingerprint density at radius 3 is 2.71 bits per heavy atom. The van der Waals surface area contributed by atoms with Gasteiger partial charge < -0.3 is 10.6 Å². The first kappa shape index (κ1) is 11.6. The van der Waals surface area contributed by atoms with E-state index in [0.717, 1.165) is 23.3 Å². The molecule has 3 nitrogen and oxygen atoms in total. The lowest BCUT2D eigenvalue weighted by Crippen LogP contribution is -2.18. The topological polar surface area (TPSA) is 42.2 Å². The van der Waals surface area contributed by atoms with Crippen molar-refractivity contribution in [2.45, 2.75) is 6.54 Å². The highest BCUT2D eigenvalue weighted by molar-refractivity contribution is 5.94. The molecule has 0 unspecified atom stereocenters. The van der Waals surface area contributed by atoms with Crippen molar-refractivity contribution >= 4 is 16.6 Å². The summed E-state index contributed by atoms with van der Waals surface area (Å²) < 4.78 is 0. The van der Waals surface area contributed by atoms with Gasteiger partial charge in [0.25, 0.3) is 0 Å². The first-order valence-electron chi connectivity index (χ1n) is 5.66. The molecule has 0 aliphatic rings. The Morgan fingerprint density at radius 1 is 1.35 bits per heavy atom. The summed E-state index contributed by atoms with van der Waals surface area (Å²) in [6.45, 7) is 5.04. The van der Waals surface area contributed by atoms with Crippen molar-refractivity contribution < 1.29 is 0 Å². The first-order valence-corrected chi connectivity index (χ1v) is 5.66. The molecule has 0 amide bonds. The fourth-order valence-electron chi connectivity index (χ4n) is 1.98. The van der Waals surface area contributed by atoms with Gasteiger partial charge >= 0.3 is 0 Å². The molecule has 0 spiro atoms. The van der Waals surface area contributed by atoms with Gasteiger partial charge in [0.2, 0.25) is 0 Å². The van der Waals surface area contributed by atoms with Gasteiger partial charge in [0.15, 0.2) is 0 Å². The highest BCUT2D eigenvalue weighted by Gasteiger charge is 2.08. The van der Waals surface area contributed by atoms with E-state index in [1.54, 1.807) is 0 Å². The third-order valence-corrected chi connectivity index (χ3v) is 2.84. The summed E-state index contributed by atoms with van der Waals surface area (Å²) >= 11 is 0. The maximum atomic E-state index is 5.73. The molecule has 0 aliphatic heterocycles. The highest BCUT2D eigenvalue weighted by atomic mass is 15.2. The van der Waals surface area contributed by atoms with E-state index in [9.17, 15) is 0 Å². The van der Waals surface area contributed by atoms with Crippen LogP contribution in [-0.2, 0) is 6.54 Å². The van der Waals surface area contributed by atoms with E-state index in [0.29, 0.717) is 6.54 Å². The Kier molecular flexibility index (Phi) is 3.40. The van der Waals surface area contributed by atoms with Crippen molar-refractivity contribution in [2.75, 3.05) is 18.5 Å². The molecule has 2 aromatic rings. The van der Waals surface area contributed by atoms with Crippen molar-refractivity contribution in [3.05, 3.63) is 48.7 Å². The van der Waals surface area contributed by atoms with Crippen molar-refractivity contribution in [3.8, 4) is 0 Å². The zero-order chi connectivity index (χ0) is 12.3. The molecule has 0 fully saturated rings. The maximum Gasteiger partial charge on any atom is 0.136 e. The molecular formula is C14H17N3. The van der Waals surface area contributed by atoms with E-state index < -0.39 is 0 Å². The molecule has 0 bridgehead atoms. The van der Waals surface area contributed by atoms with Gasteiger partial charge in [-0.25, -0.2) is 4.98 Å². The molecule has 0 aliphatic carbocycles. The summed E-state index contributed by atoms with van der Waals surface area (Å²) in [5, 5.41) is 2.32. The molecule has 0 atom stereocenters. The number of nitrogens with two attached hydrogens (primary N) is 1. The number of fused-ring (bicyclic) bond motifs is 1. The average Bonchev–Trinajstić information content (AvgIpc) is 2.37. The lowest BCUT2D eigenvalue weighted by molar-refractivity contribution is 0.989. The second-order valence-electron chi connectivity index (χ2n) is 4.03. The van der Waals surface area contributed by atoms with E-state index in [2.05, 4.69) is 28.6 Å². The summed E-state index contributed by atoms with van der Waals surface area (Å²) in [7, 11) is 2.01. The van der Waals surface area contributed by atoms with Crippen LogP contribution in [0.15, 0.2) is 43.1 Å². The Hall–Kier alpha value is -1.87. The molecule has 0 saturated carbocycles. The standard InChI is InChI=1S/C14H17N3/c1-3-8-17(2)14-13-7-5-4-6-12(13)11(9-15)10-16-14/h3-7,10H,1,8-9,15H2,2H3. The summed E-state index contributed by atoms with van der Waals surface area (Å²) in [5.41, 5.74) is 6.81. The number of anilines is 1. The third-order valence-electron chi connectivity index (χ3n) is 2.84. The number of likely N-dealkylation sites (N-methyl/N-ethyl adjacent to an activating group) is 1. The molecule has 0 saturated heterocycles. The smallest absolute Gasteiger partial charge is 0.136 e. The van der Waals surface area contributed by atoms with E-state index >= 15 is 0 Å². The summed E-state index contributed by atoms with van der Waals surface area (Å²) in [5.74, 6) is 0.970. The summed E-state index contributed by atoms with van der Waals surface area (Å²) in [6, 6.07) is 8.22. The molecule has 3 heteroatoms. The van der Waals surface area contributed by atoms with Gasteiger partial charge in [-0.1, -0.05) is 30.3 Å². The van der Waals surface area contributed by atoms with Gasteiger partial charge in [-0.3, -0.25) is 0 Å². The Balaban J connectivity index is 2.62. The normalized spacial score (nSPS) is 10.5. The molecule has 1 aromatic carbocycles. The zero-order valence-corrected chi connectivity index (χ0v) is 10.1. The van der Waals surface area contributed by atoms with Gasteiger partial charge in [-0.2, -0.15) is 0 Å². The molecule has 1 aromatic heterocycles. The molecule has 0 radical (unpaired) electrons. The molecule has 2 N–H and O–H groups in total. The van der Waals surface area contributed by atoms with Gasteiger partial charge in [-0.05, 0) is 10.9 Å². The number of nitrogens with zero attached hydrogens (tertiary/aromatic N) is 2. The Labute approximate surface area is 102 Å². The van der Waals surface area contributed by atoms with Gasteiger partial charge in [-0.15, -0.1) is 6.58 Å². The summed E-state index contributed by atoms with van der Waals surface area (Å²) in [4.78, 5) is 6.57. The fraction of sp³-hybridized carbons (Fsp3) is 0.214. The molecule has 17 heavy (non-hydrogen) atoms. The van der Waals surface area contributed by atoms with Crippen molar-refractivity contribution in [1.82, 2.24) is 4.98 Å².